The van der Waals surface area contributed by atoms with Crippen molar-refractivity contribution >= 4 is 70.3 Å². The summed E-state index contributed by atoms with van der Waals surface area (Å²) in [4.78, 5) is 94.3. The highest BCUT2D eigenvalue weighted by molar-refractivity contribution is 7.98. The Hall–Kier alpha value is -6.80. The Morgan fingerprint density at radius 2 is 1.51 bits per heavy atom. The first kappa shape index (κ1) is 58.2. The molecule has 2 atom stereocenters. The maximum Gasteiger partial charge on any atom is 0.337 e. The van der Waals surface area contributed by atoms with E-state index in [1.54, 1.807) is 51.1 Å². The molecule has 0 saturated heterocycles. The zero-order chi connectivity index (χ0) is 49.9. The number of fused-ring (bicyclic) bond motifs is 1. The molecule has 0 fully saturated rings. The molecule has 65 heavy (non-hydrogen) atoms. The number of thioether (sulfide) groups is 1. The lowest BCUT2D eigenvalue weighted by atomic mass is 10.1. The van der Waals surface area contributed by atoms with Gasteiger partial charge in [-0.25, -0.2) is 19.6 Å². The number of likely N-dealkylation sites (N-methyl/N-ethyl adjacent to an activating group) is 2. The maximum atomic E-state index is 12.3. The molecule has 4 rings (SSSR count). The Kier molecular flexibility index (Phi) is 26.5. The van der Waals surface area contributed by atoms with Gasteiger partial charge in [0.05, 0.1) is 78.9 Å². The number of nitrogen functional groups attached to an aromatic ring is 1. The van der Waals surface area contributed by atoms with Gasteiger partial charge in [0, 0.05) is 30.1 Å². The second-order valence-electron chi connectivity index (χ2n) is 15.5. The lowest BCUT2D eigenvalue weighted by Gasteiger charge is -2.23. The van der Waals surface area contributed by atoms with E-state index in [0.717, 1.165) is 16.8 Å². The molecular formula is C40H60N11O13S+. The predicted molar refractivity (Wildman–Crippen MR) is 240 cm³/mol. The lowest BCUT2D eigenvalue weighted by Crippen LogP contribution is -2.45. The SMILES string of the molecule is CSCC[C@H](N)C(=O)O.C[N+](C)(C)CC(=O)[O-].C[N+](C)(C)CCO.Nc1nc2ncc(CNc3ccc(C(=O)N[C@@H](CCC(=O)O)C(=O)O)cc3)nc2c(=O)[nH]1.O=C(O)c1cccnc1. The van der Waals surface area contributed by atoms with Crippen molar-refractivity contribution < 1.29 is 68.4 Å². The van der Waals surface area contributed by atoms with Crippen LogP contribution in [0.1, 0.15) is 45.7 Å². The molecule has 0 radical (unpaired) electrons. The molecule has 12 N–H and O–H groups in total. The monoisotopic (exact) mass is 934 g/mol. The van der Waals surface area contributed by atoms with Crippen LogP contribution < -0.4 is 32.8 Å². The third-order valence-electron chi connectivity index (χ3n) is 7.59. The fourth-order valence-electron chi connectivity index (χ4n) is 4.30. The Morgan fingerprint density at radius 3 is 1.92 bits per heavy atom. The number of pyridine rings is 1. The molecule has 3 aromatic heterocycles. The highest BCUT2D eigenvalue weighted by Crippen LogP contribution is 2.12. The van der Waals surface area contributed by atoms with Crippen molar-refractivity contribution in [2.75, 3.05) is 85.0 Å². The number of anilines is 2. The Morgan fingerprint density at radius 1 is 0.877 bits per heavy atom. The van der Waals surface area contributed by atoms with Gasteiger partial charge in [0.15, 0.2) is 11.2 Å². The quantitative estimate of drug-likeness (QED) is 0.0536. The highest BCUT2D eigenvalue weighted by atomic mass is 32.2. The van der Waals surface area contributed by atoms with Crippen molar-refractivity contribution in [1.82, 2.24) is 30.2 Å². The Balaban J connectivity index is 0.000000998. The van der Waals surface area contributed by atoms with Crippen molar-refractivity contribution in [2.24, 2.45) is 5.73 Å². The molecule has 25 heteroatoms. The van der Waals surface area contributed by atoms with Crippen molar-refractivity contribution in [3.8, 4) is 0 Å². The molecule has 24 nitrogen and oxygen atoms in total. The molecule has 1 aromatic carbocycles. The van der Waals surface area contributed by atoms with Gasteiger partial charge in [-0.3, -0.25) is 29.1 Å². The summed E-state index contributed by atoms with van der Waals surface area (Å²) >= 11 is 1.60. The van der Waals surface area contributed by atoms with Gasteiger partial charge in [-0.2, -0.15) is 16.7 Å². The fourth-order valence-corrected chi connectivity index (χ4v) is 4.79. The zero-order valence-electron chi connectivity index (χ0n) is 37.3. The van der Waals surface area contributed by atoms with E-state index in [1.165, 1.54) is 36.8 Å². The molecule has 358 valence electrons. The van der Waals surface area contributed by atoms with Gasteiger partial charge in [-0.1, -0.05) is 0 Å². The number of nitrogens with one attached hydrogen (secondary N) is 3. The average molecular weight is 935 g/mol. The molecule has 0 aliphatic heterocycles. The molecule has 0 aliphatic carbocycles. The first-order valence-corrected chi connectivity index (χ1v) is 20.7. The van der Waals surface area contributed by atoms with Crippen LogP contribution in [0.4, 0.5) is 11.6 Å². The van der Waals surface area contributed by atoms with E-state index in [2.05, 4.69) is 56.7 Å². The van der Waals surface area contributed by atoms with E-state index in [9.17, 15) is 38.7 Å². The molecule has 0 spiro atoms. The third-order valence-corrected chi connectivity index (χ3v) is 8.23. The van der Waals surface area contributed by atoms with E-state index in [1.807, 2.05) is 6.26 Å². The number of hydrogen-bond donors (Lipinski definition) is 10. The third kappa shape index (κ3) is 27.8. The van der Waals surface area contributed by atoms with Gasteiger partial charge in [0.25, 0.3) is 11.5 Å². The van der Waals surface area contributed by atoms with Crippen LogP contribution in [0.15, 0.2) is 59.8 Å². The summed E-state index contributed by atoms with van der Waals surface area (Å²) in [6, 6.07) is 7.26. The number of aromatic amines is 1. The molecule has 4 aromatic rings. The molecular weight excluding hydrogens is 875 g/mol. The fraction of sp³-hybridized carbons (Fsp3) is 0.425. The Labute approximate surface area is 378 Å². The number of carboxylic acid groups (broad SMARTS) is 5. The summed E-state index contributed by atoms with van der Waals surface area (Å²) in [5.41, 5.74) is 11.9. The maximum absolute atomic E-state index is 12.3. The normalized spacial score (nSPS) is 11.5. The number of nitrogens with two attached hydrogens (primary N) is 2. The van der Waals surface area contributed by atoms with Crippen LogP contribution in [0.2, 0.25) is 0 Å². The number of carbonyl (C=O) groups excluding carboxylic acids is 2. The molecule has 0 aliphatic rings. The van der Waals surface area contributed by atoms with Crippen molar-refractivity contribution in [3.63, 3.8) is 0 Å². The number of carboxylic acids is 5. The first-order valence-electron chi connectivity index (χ1n) is 19.3. The minimum atomic E-state index is -1.31. The van der Waals surface area contributed by atoms with Gasteiger partial charge in [0.2, 0.25) is 5.95 Å². The van der Waals surface area contributed by atoms with Gasteiger partial charge >= 0.3 is 23.9 Å². The van der Waals surface area contributed by atoms with Crippen molar-refractivity contribution in [3.05, 3.63) is 82.2 Å². The number of carbonyl (C=O) groups is 6. The average Bonchev–Trinajstić information content (AvgIpc) is 3.20. The summed E-state index contributed by atoms with van der Waals surface area (Å²) < 4.78 is 1.26. The van der Waals surface area contributed by atoms with Crippen LogP contribution in [0, 0.1) is 0 Å². The Bertz CT molecular complexity index is 2180. The van der Waals surface area contributed by atoms with Crippen LogP contribution in [-0.2, 0) is 25.7 Å². The largest absolute Gasteiger partial charge is 0.544 e. The predicted octanol–water partition coefficient (Wildman–Crippen LogP) is -0.986. The number of aliphatic carboxylic acids is 4. The van der Waals surface area contributed by atoms with E-state index < -0.39 is 53.4 Å². The van der Waals surface area contributed by atoms with Crippen LogP contribution >= 0.6 is 11.8 Å². The summed E-state index contributed by atoms with van der Waals surface area (Å²) in [6.07, 6.45) is 6.16. The zero-order valence-corrected chi connectivity index (χ0v) is 38.1. The number of nitrogens with zero attached hydrogens (tertiary/aromatic N) is 6. The molecule has 1 amide bonds. The van der Waals surface area contributed by atoms with E-state index in [0.29, 0.717) is 22.3 Å². The van der Waals surface area contributed by atoms with Crippen LogP contribution in [0.3, 0.4) is 0 Å². The van der Waals surface area contributed by atoms with Gasteiger partial charge < -0.3 is 66.5 Å². The number of aliphatic hydroxyl groups is 1. The minimum absolute atomic E-state index is 0.0524. The van der Waals surface area contributed by atoms with Crippen LogP contribution in [0.5, 0.6) is 0 Å². The van der Waals surface area contributed by atoms with Gasteiger partial charge in [0.1, 0.15) is 25.2 Å². The van der Waals surface area contributed by atoms with Crippen LogP contribution in [-0.4, -0.2) is 181 Å². The summed E-state index contributed by atoms with van der Waals surface area (Å²) in [5.74, 6) is -5.20. The number of aliphatic hydroxyl groups excluding tert-OH is 1. The summed E-state index contributed by atoms with van der Waals surface area (Å²) in [5, 5.41) is 58.1. The van der Waals surface area contributed by atoms with Gasteiger partial charge in [-0.05, 0) is 61.2 Å². The number of amides is 1. The molecule has 0 bridgehead atoms. The lowest BCUT2D eigenvalue weighted by molar-refractivity contribution is -0.870. The second-order valence-corrected chi connectivity index (χ2v) is 16.5. The molecule has 0 unspecified atom stereocenters. The number of quaternary nitrogens is 2. The summed E-state index contributed by atoms with van der Waals surface area (Å²) in [7, 11) is 11.6. The number of aromatic nitrogens is 5. The highest BCUT2D eigenvalue weighted by Gasteiger charge is 2.21. The van der Waals surface area contributed by atoms with E-state index in [4.69, 9.17) is 37.0 Å². The first-order chi connectivity index (χ1) is 30.2. The summed E-state index contributed by atoms with van der Waals surface area (Å²) in [6.45, 7) is 1.41. The van der Waals surface area contributed by atoms with Crippen LogP contribution in [0.25, 0.3) is 11.2 Å². The molecule has 0 saturated carbocycles. The van der Waals surface area contributed by atoms with Crippen molar-refractivity contribution in [2.45, 2.75) is 37.9 Å². The number of H-pyrrole nitrogens is 1. The number of hydrogen-bond acceptors (Lipinski definition) is 17. The van der Waals surface area contributed by atoms with Crippen molar-refractivity contribution in [1.29, 1.82) is 0 Å². The minimum Gasteiger partial charge on any atom is -0.544 e. The van der Waals surface area contributed by atoms with Gasteiger partial charge in [-0.15, -0.1) is 0 Å². The molecule has 3 heterocycles. The second kappa shape index (κ2) is 29.5. The van der Waals surface area contributed by atoms with E-state index in [-0.39, 0.29) is 60.8 Å². The number of benzene rings is 1. The standard InChI is InChI=1S/C19H19N7O6.C6H5NO2.C5H11NO2S.C5H11NO2.C5H14NO/c20-19-25-15-14(17(30)26-19)23-11(8-22-15)7-21-10-3-1-9(2-4-10)16(29)24-12(18(31)32)5-6-13(27)28;8-6(9)5-2-1-3-7-4-5;1-9-3-2-4(6)5(7)8;1-6(2,3)4-5(7)8;1-6(2,3)4-5-7/h1-4,8,12,21H,5-7H2,(H,24,29)(H,27,28)(H,31,32)(H3,20,22,25,26,30);1-4H,(H,8,9);4H,2-3,6H2,1H3,(H,7,8);4H2,1-3H3;7H,4-5H2,1-3H3/q;;;;+1/t12-;;4-;;/m0.0../s1. The van der Waals surface area contributed by atoms with E-state index >= 15 is 0 Å². The number of aromatic carboxylic acids is 1. The topological polar surface area (TPSA) is 387 Å². The number of rotatable bonds is 18. The smallest absolute Gasteiger partial charge is 0.337 e.